The number of carbonyl (C=O) groups is 2. The van der Waals surface area contributed by atoms with Gasteiger partial charge in [0.15, 0.2) is 5.78 Å². The van der Waals surface area contributed by atoms with E-state index in [4.69, 9.17) is 5.11 Å². The van der Waals surface area contributed by atoms with Crippen LogP contribution in [-0.2, 0) is 9.59 Å². The summed E-state index contributed by atoms with van der Waals surface area (Å²) >= 11 is 0. The van der Waals surface area contributed by atoms with Crippen LogP contribution in [0.3, 0.4) is 0 Å². The van der Waals surface area contributed by atoms with Crippen LogP contribution >= 0.6 is 0 Å². The molecule has 0 aliphatic heterocycles. The van der Waals surface area contributed by atoms with Crippen LogP contribution in [0.2, 0.25) is 0 Å². The molecule has 0 saturated heterocycles. The number of rotatable bonds is 5. The second kappa shape index (κ2) is 9.76. The van der Waals surface area contributed by atoms with Gasteiger partial charge in [0.2, 0.25) is 0 Å². The average Bonchev–Trinajstić information content (AvgIpc) is 2.80. The Morgan fingerprint density at radius 1 is 1.15 bits per heavy atom. The Kier molecular flexibility index (Phi) is 7.61. The zero-order chi connectivity index (χ0) is 24.6. The first kappa shape index (κ1) is 25.7. The van der Waals surface area contributed by atoms with E-state index in [1.807, 2.05) is 12.2 Å². The van der Waals surface area contributed by atoms with Crippen LogP contribution in [0.5, 0.6) is 0 Å². The number of ketones is 1. The summed E-state index contributed by atoms with van der Waals surface area (Å²) < 4.78 is 0. The van der Waals surface area contributed by atoms with Gasteiger partial charge in [-0.25, -0.2) is 4.79 Å². The summed E-state index contributed by atoms with van der Waals surface area (Å²) in [6.07, 6.45) is 17.2. The lowest BCUT2D eigenvalue weighted by Gasteiger charge is -2.49. The van der Waals surface area contributed by atoms with Crippen molar-refractivity contribution in [1.29, 1.82) is 0 Å². The normalized spacial score (nSPS) is 35.2. The van der Waals surface area contributed by atoms with Crippen molar-refractivity contribution in [1.82, 2.24) is 0 Å². The molecule has 33 heavy (non-hydrogen) atoms. The molecule has 3 aliphatic carbocycles. The fourth-order valence-electron chi connectivity index (χ4n) is 6.91. The van der Waals surface area contributed by atoms with Crippen molar-refractivity contribution in [2.24, 2.45) is 40.4 Å². The minimum absolute atomic E-state index is 0.0833. The fourth-order valence-corrected chi connectivity index (χ4v) is 6.91. The summed E-state index contributed by atoms with van der Waals surface area (Å²) in [5.74, 6) is 2.26. The van der Waals surface area contributed by atoms with Crippen LogP contribution in [-0.4, -0.2) is 16.9 Å². The summed E-state index contributed by atoms with van der Waals surface area (Å²) in [6.45, 7) is 15.4. The molecule has 0 radical (unpaired) electrons. The lowest BCUT2D eigenvalue weighted by Crippen LogP contribution is -2.44. The molecule has 3 aliphatic rings. The van der Waals surface area contributed by atoms with E-state index in [-0.39, 0.29) is 11.2 Å². The molecule has 0 heterocycles. The second-order valence-corrected chi connectivity index (χ2v) is 11.8. The second-order valence-electron chi connectivity index (χ2n) is 11.8. The quantitative estimate of drug-likeness (QED) is 0.438. The van der Waals surface area contributed by atoms with Gasteiger partial charge in [-0.3, -0.25) is 4.79 Å². The van der Waals surface area contributed by atoms with Crippen LogP contribution in [0.1, 0.15) is 87.0 Å². The zero-order valence-corrected chi connectivity index (χ0v) is 21.8. The van der Waals surface area contributed by atoms with E-state index in [9.17, 15) is 9.59 Å². The van der Waals surface area contributed by atoms with E-state index in [0.29, 0.717) is 35.2 Å². The molecule has 0 aromatic carbocycles. The molecule has 182 valence electrons. The van der Waals surface area contributed by atoms with Crippen molar-refractivity contribution < 1.29 is 14.7 Å². The monoisotopic (exact) mass is 452 g/mol. The Balaban J connectivity index is 1.81. The molecule has 3 heteroatoms. The van der Waals surface area contributed by atoms with E-state index in [0.717, 1.165) is 19.3 Å². The number of allylic oxidation sites excluding steroid dienone is 7. The Bertz CT molecular complexity index is 900. The summed E-state index contributed by atoms with van der Waals surface area (Å²) in [4.78, 5) is 23.8. The third-order valence-corrected chi connectivity index (χ3v) is 9.30. The maximum absolute atomic E-state index is 12.7. The molecule has 0 aromatic heterocycles. The molecule has 0 bridgehead atoms. The first-order chi connectivity index (χ1) is 15.4. The van der Waals surface area contributed by atoms with Crippen LogP contribution < -0.4 is 0 Å². The fraction of sp³-hybridized carbons (Fsp3) is 0.667. The van der Waals surface area contributed by atoms with Crippen LogP contribution in [0.15, 0.2) is 47.1 Å². The Labute approximate surface area is 201 Å². The zero-order valence-electron chi connectivity index (χ0n) is 21.8. The van der Waals surface area contributed by atoms with Crippen molar-refractivity contribution in [3.8, 4) is 0 Å². The Morgan fingerprint density at radius 3 is 2.52 bits per heavy atom. The van der Waals surface area contributed by atoms with Crippen molar-refractivity contribution in [2.75, 3.05) is 0 Å². The summed E-state index contributed by atoms with van der Waals surface area (Å²) in [6, 6.07) is 0. The van der Waals surface area contributed by atoms with Gasteiger partial charge in [0.1, 0.15) is 0 Å². The molecule has 1 N–H and O–H groups in total. The van der Waals surface area contributed by atoms with E-state index < -0.39 is 11.4 Å². The SMILES string of the molecule is C/C(=C\CC[C@@H](C)[C@H]1CC[C@@H](C)C2=CC=C3C(C)(C)C(=O)C=C[C@]3(C)[C@H]2CC[C@@H]1C)C(=O)O. The van der Waals surface area contributed by atoms with Crippen molar-refractivity contribution >= 4 is 11.8 Å². The molecule has 1 saturated carbocycles. The molecule has 0 unspecified atom stereocenters. The molecule has 1 fully saturated rings. The molecule has 0 amide bonds. The highest BCUT2D eigenvalue weighted by atomic mass is 16.4. The van der Waals surface area contributed by atoms with Crippen molar-refractivity contribution in [3.63, 3.8) is 0 Å². The molecular formula is C30H44O3. The summed E-state index contributed by atoms with van der Waals surface area (Å²) in [5.41, 5.74) is 2.78. The van der Waals surface area contributed by atoms with Gasteiger partial charge in [0.05, 0.1) is 0 Å². The smallest absolute Gasteiger partial charge is 0.330 e. The first-order valence-corrected chi connectivity index (χ1v) is 13.0. The number of hydrogen-bond donors (Lipinski definition) is 1. The lowest BCUT2D eigenvalue weighted by molar-refractivity contribution is -0.132. The van der Waals surface area contributed by atoms with Crippen LogP contribution in [0.4, 0.5) is 0 Å². The predicted molar refractivity (Wildman–Crippen MR) is 136 cm³/mol. The van der Waals surface area contributed by atoms with E-state index in [2.05, 4.69) is 59.8 Å². The highest BCUT2D eigenvalue weighted by molar-refractivity contribution is 5.98. The molecular weight excluding hydrogens is 408 g/mol. The number of carbonyl (C=O) groups excluding carboxylic acids is 1. The summed E-state index contributed by atoms with van der Waals surface area (Å²) in [5, 5.41) is 9.12. The average molecular weight is 453 g/mol. The molecule has 6 atom stereocenters. The maximum atomic E-state index is 12.7. The van der Waals surface area contributed by atoms with Crippen LogP contribution in [0, 0.1) is 40.4 Å². The Morgan fingerprint density at radius 2 is 1.85 bits per heavy atom. The molecule has 0 aromatic rings. The van der Waals surface area contributed by atoms with Gasteiger partial charge in [-0.15, -0.1) is 0 Å². The first-order valence-electron chi connectivity index (χ1n) is 13.0. The number of carboxylic acid groups (broad SMARTS) is 1. The largest absolute Gasteiger partial charge is 0.478 e. The van der Waals surface area contributed by atoms with Crippen molar-refractivity contribution in [3.05, 3.63) is 47.1 Å². The van der Waals surface area contributed by atoms with Gasteiger partial charge in [-0.2, -0.15) is 0 Å². The van der Waals surface area contributed by atoms with E-state index in [1.165, 1.54) is 24.8 Å². The van der Waals surface area contributed by atoms with Gasteiger partial charge in [0, 0.05) is 16.4 Å². The van der Waals surface area contributed by atoms with Gasteiger partial charge < -0.3 is 5.11 Å². The van der Waals surface area contributed by atoms with Crippen molar-refractivity contribution in [2.45, 2.75) is 87.0 Å². The number of hydrogen-bond acceptors (Lipinski definition) is 2. The highest BCUT2D eigenvalue weighted by Crippen LogP contribution is 2.57. The predicted octanol–water partition coefficient (Wildman–Crippen LogP) is 7.55. The lowest BCUT2D eigenvalue weighted by atomic mass is 9.53. The maximum Gasteiger partial charge on any atom is 0.330 e. The number of carboxylic acids is 1. The third kappa shape index (κ3) is 4.98. The standard InChI is InChI=1S/C30H44O3/c1-19(9-8-10-22(4)28(32)33)23-13-11-21(3)24-14-16-26-29(5,6)27(31)17-18-30(26,7)25(24)15-12-20(23)2/h10,14,16-21,23,25H,8-9,11-13,15H2,1-7H3,(H,32,33)/b22-10+/t19-,20+,21-,23-,25+,30-/m1/s1. The van der Waals surface area contributed by atoms with Gasteiger partial charge in [0.25, 0.3) is 0 Å². The van der Waals surface area contributed by atoms with E-state index in [1.54, 1.807) is 12.5 Å². The minimum Gasteiger partial charge on any atom is -0.478 e. The van der Waals surface area contributed by atoms with E-state index >= 15 is 0 Å². The molecule has 0 spiro atoms. The van der Waals surface area contributed by atoms with Crippen LogP contribution in [0.25, 0.3) is 0 Å². The Hall–Kier alpha value is -1.90. The van der Waals surface area contributed by atoms with Gasteiger partial charge in [-0.05, 0) is 101 Å². The minimum atomic E-state index is -0.814. The summed E-state index contributed by atoms with van der Waals surface area (Å²) in [7, 11) is 0. The third-order valence-electron chi connectivity index (χ3n) is 9.30. The molecule has 3 rings (SSSR count). The highest BCUT2D eigenvalue weighted by Gasteiger charge is 2.50. The number of aliphatic carboxylic acids is 1. The topological polar surface area (TPSA) is 54.4 Å². The number of fused-ring (bicyclic) bond motifs is 3. The van der Waals surface area contributed by atoms with Gasteiger partial charge in [-0.1, -0.05) is 57.6 Å². The molecule has 3 nitrogen and oxygen atoms in total. The van der Waals surface area contributed by atoms with Gasteiger partial charge >= 0.3 is 5.97 Å².